The molecular weight excluding hydrogens is 184 g/mol. The van der Waals surface area contributed by atoms with Gasteiger partial charge in [-0.1, -0.05) is 0 Å². The lowest BCUT2D eigenvalue weighted by Gasteiger charge is -2.19. The van der Waals surface area contributed by atoms with E-state index in [0.717, 1.165) is 19.5 Å². The van der Waals surface area contributed by atoms with Gasteiger partial charge in [0.15, 0.2) is 0 Å². The van der Waals surface area contributed by atoms with E-state index < -0.39 is 12.0 Å². The van der Waals surface area contributed by atoms with Crippen LogP contribution in [0.3, 0.4) is 0 Å². The van der Waals surface area contributed by atoms with E-state index in [1.54, 1.807) is 6.92 Å². The van der Waals surface area contributed by atoms with E-state index in [0.29, 0.717) is 6.54 Å². The summed E-state index contributed by atoms with van der Waals surface area (Å²) in [5, 5.41) is 18.0. The summed E-state index contributed by atoms with van der Waals surface area (Å²) < 4.78 is 0. The first kappa shape index (κ1) is 11.4. The number of aliphatic carboxylic acids is 1. The molecule has 3 unspecified atom stereocenters. The summed E-state index contributed by atoms with van der Waals surface area (Å²) in [7, 11) is 0. The molecule has 82 valence electrons. The molecule has 1 heterocycles. The van der Waals surface area contributed by atoms with Crippen LogP contribution in [0.15, 0.2) is 0 Å². The van der Waals surface area contributed by atoms with E-state index in [1.807, 2.05) is 4.90 Å². The van der Waals surface area contributed by atoms with Gasteiger partial charge in [-0.25, -0.2) is 0 Å². The van der Waals surface area contributed by atoms with E-state index in [9.17, 15) is 9.90 Å². The van der Waals surface area contributed by atoms with Crippen LogP contribution in [0.1, 0.15) is 13.3 Å². The molecule has 0 amide bonds. The van der Waals surface area contributed by atoms with Crippen molar-refractivity contribution in [2.24, 2.45) is 11.7 Å². The number of carbonyl (C=O) groups is 1. The van der Waals surface area contributed by atoms with Crippen LogP contribution in [-0.2, 0) is 4.79 Å². The van der Waals surface area contributed by atoms with Gasteiger partial charge >= 0.3 is 5.97 Å². The predicted octanol–water partition coefficient (Wildman–Crippen LogP) is -0.899. The zero-order valence-electron chi connectivity index (χ0n) is 8.39. The maximum Gasteiger partial charge on any atom is 0.321 e. The van der Waals surface area contributed by atoms with E-state index in [-0.39, 0.29) is 12.0 Å². The molecule has 1 aliphatic heterocycles. The number of nitrogens with two attached hydrogens (primary N) is 1. The zero-order chi connectivity index (χ0) is 10.7. The highest BCUT2D eigenvalue weighted by Gasteiger charge is 2.27. The number of rotatable bonds is 4. The summed E-state index contributed by atoms with van der Waals surface area (Å²) in [6.07, 6.45) is 0.602. The largest absolute Gasteiger partial charge is 0.480 e. The molecule has 0 spiro atoms. The second kappa shape index (κ2) is 4.72. The molecule has 1 fully saturated rings. The molecule has 0 bridgehead atoms. The average molecular weight is 202 g/mol. The monoisotopic (exact) mass is 202 g/mol. The fourth-order valence-electron chi connectivity index (χ4n) is 1.78. The topological polar surface area (TPSA) is 86.8 Å². The summed E-state index contributed by atoms with van der Waals surface area (Å²) in [5.74, 6) is -0.707. The van der Waals surface area contributed by atoms with Crippen molar-refractivity contribution in [2.75, 3.05) is 19.6 Å². The fourth-order valence-corrected chi connectivity index (χ4v) is 1.78. The molecule has 1 aliphatic rings. The maximum absolute atomic E-state index is 10.5. The Balaban J connectivity index is 2.32. The maximum atomic E-state index is 10.5. The molecule has 5 heteroatoms. The predicted molar refractivity (Wildman–Crippen MR) is 51.8 cm³/mol. The van der Waals surface area contributed by atoms with Gasteiger partial charge in [0, 0.05) is 13.1 Å². The Kier molecular flexibility index (Phi) is 3.86. The first-order chi connectivity index (χ1) is 6.50. The number of carboxylic acids is 1. The second-order valence-electron chi connectivity index (χ2n) is 3.99. The number of aliphatic hydroxyl groups excluding tert-OH is 1. The third-order valence-corrected chi connectivity index (χ3v) is 2.76. The van der Waals surface area contributed by atoms with E-state index in [2.05, 4.69) is 0 Å². The quantitative estimate of drug-likeness (QED) is 0.550. The van der Waals surface area contributed by atoms with Crippen molar-refractivity contribution in [1.29, 1.82) is 0 Å². The fraction of sp³-hybridized carbons (Fsp3) is 0.889. The van der Waals surface area contributed by atoms with Crippen LogP contribution in [0.25, 0.3) is 0 Å². The van der Waals surface area contributed by atoms with Gasteiger partial charge in [0.1, 0.15) is 6.04 Å². The van der Waals surface area contributed by atoms with Crippen LogP contribution in [-0.4, -0.2) is 52.9 Å². The van der Waals surface area contributed by atoms with Crippen molar-refractivity contribution < 1.29 is 15.0 Å². The molecule has 0 radical (unpaired) electrons. The lowest BCUT2D eigenvalue weighted by molar-refractivity contribution is -0.138. The molecular formula is C9H18N2O3. The zero-order valence-corrected chi connectivity index (χ0v) is 8.39. The number of carboxylic acid groups (broad SMARTS) is 1. The van der Waals surface area contributed by atoms with Crippen molar-refractivity contribution in [1.82, 2.24) is 4.90 Å². The first-order valence-electron chi connectivity index (χ1n) is 4.89. The van der Waals surface area contributed by atoms with Crippen LogP contribution in [0, 0.1) is 5.92 Å². The molecule has 3 atom stereocenters. The Morgan fingerprint density at radius 1 is 1.71 bits per heavy atom. The van der Waals surface area contributed by atoms with Crippen molar-refractivity contribution in [2.45, 2.75) is 25.5 Å². The Hall–Kier alpha value is -0.650. The molecule has 0 saturated carbocycles. The minimum absolute atomic E-state index is 0.260. The number of aliphatic hydroxyl groups is 1. The Morgan fingerprint density at radius 3 is 2.79 bits per heavy atom. The highest BCUT2D eigenvalue weighted by Crippen LogP contribution is 2.19. The van der Waals surface area contributed by atoms with Crippen molar-refractivity contribution in [3.63, 3.8) is 0 Å². The third-order valence-electron chi connectivity index (χ3n) is 2.76. The minimum Gasteiger partial charge on any atom is -0.480 e. The van der Waals surface area contributed by atoms with Gasteiger partial charge in [0.25, 0.3) is 0 Å². The number of nitrogens with zero attached hydrogens (tertiary/aromatic N) is 1. The van der Waals surface area contributed by atoms with Gasteiger partial charge in [-0.05, 0) is 25.8 Å². The summed E-state index contributed by atoms with van der Waals surface area (Å²) in [6, 6.07) is -0.817. The summed E-state index contributed by atoms with van der Waals surface area (Å²) in [6.45, 7) is 3.72. The SMILES string of the molecule is CC(O)C1CCN(CC(N)C(=O)O)C1. The normalized spacial score (nSPS) is 27.5. The van der Waals surface area contributed by atoms with Crippen molar-refractivity contribution in [3.8, 4) is 0 Å². The Bertz CT molecular complexity index is 208. The smallest absolute Gasteiger partial charge is 0.321 e. The van der Waals surface area contributed by atoms with Crippen molar-refractivity contribution >= 4 is 5.97 Å². The standard InChI is InChI=1S/C9H18N2O3/c1-6(12)7-2-3-11(4-7)5-8(10)9(13)14/h6-8,12H,2-5,10H2,1H3,(H,13,14). The lowest BCUT2D eigenvalue weighted by Crippen LogP contribution is -2.42. The van der Waals surface area contributed by atoms with Gasteiger partial charge in [-0.3, -0.25) is 4.79 Å². The summed E-state index contributed by atoms with van der Waals surface area (Å²) in [5.41, 5.74) is 5.41. The van der Waals surface area contributed by atoms with Gasteiger partial charge in [-0.2, -0.15) is 0 Å². The molecule has 4 N–H and O–H groups in total. The molecule has 1 saturated heterocycles. The van der Waals surface area contributed by atoms with Crippen LogP contribution in [0.4, 0.5) is 0 Å². The number of hydrogen-bond donors (Lipinski definition) is 3. The van der Waals surface area contributed by atoms with Gasteiger partial charge in [0.05, 0.1) is 6.10 Å². The lowest BCUT2D eigenvalue weighted by atomic mass is 10.0. The Labute approximate surface area is 83.5 Å². The Morgan fingerprint density at radius 2 is 2.36 bits per heavy atom. The summed E-state index contributed by atoms with van der Waals surface area (Å²) in [4.78, 5) is 12.5. The molecule has 0 aliphatic carbocycles. The highest BCUT2D eigenvalue weighted by atomic mass is 16.4. The molecule has 14 heavy (non-hydrogen) atoms. The van der Waals surface area contributed by atoms with Crippen LogP contribution in [0.2, 0.25) is 0 Å². The third kappa shape index (κ3) is 2.94. The number of hydrogen-bond acceptors (Lipinski definition) is 4. The molecule has 0 aromatic carbocycles. The van der Waals surface area contributed by atoms with Crippen LogP contribution in [0.5, 0.6) is 0 Å². The molecule has 0 aromatic rings. The molecule has 5 nitrogen and oxygen atoms in total. The summed E-state index contributed by atoms with van der Waals surface area (Å²) >= 11 is 0. The van der Waals surface area contributed by atoms with Crippen molar-refractivity contribution in [3.05, 3.63) is 0 Å². The van der Waals surface area contributed by atoms with Crippen LogP contribution < -0.4 is 5.73 Å². The first-order valence-corrected chi connectivity index (χ1v) is 4.89. The second-order valence-corrected chi connectivity index (χ2v) is 3.99. The van der Waals surface area contributed by atoms with E-state index in [4.69, 9.17) is 10.8 Å². The van der Waals surface area contributed by atoms with E-state index in [1.165, 1.54) is 0 Å². The molecule has 1 rings (SSSR count). The van der Waals surface area contributed by atoms with E-state index >= 15 is 0 Å². The average Bonchev–Trinajstić information content (AvgIpc) is 2.52. The highest BCUT2D eigenvalue weighted by molar-refractivity contribution is 5.73. The molecule has 0 aromatic heterocycles. The van der Waals surface area contributed by atoms with Crippen LogP contribution >= 0.6 is 0 Å². The minimum atomic E-state index is -0.967. The van der Waals surface area contributed by atoms with Gasteiger partial charge < -0.3 is 20.8 Å². The van der Waals surface area contributed by atoms with Gasteiger partial charge in [-0.15, -0.1) is 0 Å². The van der Waals surface area contributed by atoms with Gasteiger partial charge in [0.2, 0.25) is 0 Å². The number of likely N-dealkylation sites (tertiary alicyclic amines) is 1.